The highest BCUT2D eigenvalue weighted by molar-refractivity contribution is 5.70. The topological polar surface area (TPSA) is 63.9 Å². The zero-order valence-corrected chi connectivity index (χ0v) is 8.42. The van der Waals surface area contributed by atoms with E-state index < -0.39 is 11.6 Å². The quantitative estimate of drug-likeness (QED) is 0.820. The third-order valence-electron chi connectivity index (χ3n) is 2.18. The van der Waals surface area contributed by atoms with Crippen LogP contribution in [0.4, 0.5) is 14.6 Å². The Hall–Kier alpha value is -2.11. The molecule has 1 aromatic heterocycles. The number of H-pyrrole nitrogens is 1. The van der Waals surface area contributed by atoms with Crippen molar-refractivity contribution in [1.82, 2.24) is 10.2 Å². The van der Waals surface area contributed by atoms with E-state index in [1.807, 2.05) is 0 Å². The van der Waals surface area contributed by atoms with Crippen molar-refractivity contribution in [2.75, 3.05) is 12.8 Å². The van der Waals surface area contributed by atoms with E-state index in [0.717, 1.165) is 0 Å². The second-order valence-corrected chi connectivity index (χ2v) is 3.11. The predicted octanol–water partition coefficient (Wildman–Crippen LogP) is 1.95. The molecule has 16 heavy (non-hydrogen) atoms. The van der Waals surface area contributed by atoms with Gasteiger partial charge in [0.25, 0.3) is 0 Å². The average molecular weight is 225 g/mol. The Morgan fingerprint density at radius 3 is 2.69 bits per heavy atom. The predicted molar refractivity (Wildman–Crippen MR) is 54.9 cm³/mol. The fourth-order valence-electron chi connectivity index (χ4n) is 1.43. The van der Waals surface area contributed by atoms with Crippen LogP contribution in [-0.4, -0.2) is 17.3 Å². The summed E-state index contributed by atoms with van der Waals surface area (Å²) < 4.78 is 32.0. The van der Waals surface area contributed by atoms with Gasteiger partial charge in [-0.15, -0.1) is 0 Å². The van der Waals surface area contributed by atoms with Crippen molar-refractivity contribution in [1.29, 1.82) is 0 Å². The Morgan fingerprint density at radius 1 is 1.38 bits per heavy atom. The Morgan fingerprint density at radius 2 is 2.12 bits per heavy atom. The summed E-state index contributed by atoms with van der Waals surface area (Å²) in [4.78, 5) is 0. The highest BCUT2D eigenvalue weighted by atomic mass is 19.1. The molecule has 0 saturated heterocycles. The minimum atomic E-state index is -0.789. The van der Waals surface area contributed by atoms with Crippen LogP contribution in [0.15, 0.2) is 18.2 Å². The number of nitrogens with zero attached hydrogens (tertiary/aromatic N) is 1. The number of halogens is 2. The molecule has 2 rings (SSSR count). The van der Waals surface area contributed by atoms with Crippen LogP contribution in [0.25, 0.3) is 11.3 Å². The number of nitrogen functional groups attached to an aromatic ring is 1. The van der Waals surface area contributed by atoms with Crippen LogP contribution in [0.3, 0.4) is 0 Å². The van der Waals surface area contributed by atoms with Crippen LogP contribution in [0, 0.1) is 11.6 Å². The van der Waals surface area contributed by atoms with Gasteiger partial charge in [0, 0.05) is 0 Å². The van der Waals surface area contributed by atoms with Crippen LogP contribution >= 0.6 is 0 Å². The molecular formula is C10H9F2N3O. The van der Waals surface area contributed by atoms with Gasteiger partial charge < -0.3 is 10.5 Å². The Balaban J connectivity index is 2.68. The monoisotopic (exact) mass is 225 g/mol. The minimum Gasteiger partial charge on any atom is -0.496 e. The fourth-order valence-corrected chi connectivity index (χ4v) is 1.43. The van der Waals surface area contributed by atoms with Crippen LogP contribution in [0.2, 0.25) is 0 Å². The maximum absolute atomic E-state index is 13.6. The molecule has 1 heterocycles. The molecule has 6 heteroatoms. The molecule has 4 nitrogen and oxygen atoms in total. The number of hydrogen-bond acceptors (Lipinski definition) is 3. The molecule has 0 radical (unpaired) electrons. The third-order valence-corrected chi connectivity index (χ3v) is 2.18. The zero-order valence-electron chi connectivity index (χ0n) is 8.42. The van der Waals surface area contributed by atoms with E-state index in [1.54, 1.807) is 0 Å². The maximum atomic E-state index is 13.6. The number of hydrogen-bond donors (Lipinski definition) is 2. The number of anilines is 1. The molecule has 0 unspecified atom stereocenters. The fraction of sp³-hybridized carbons (Fsp3) is 0.100. The van der Waals surface area contributed by atoms with Crippen molar-refractivity contribution in [3.8, 4) is 17.0 Å². The van der Waals surface area contributed by atoms with E-state index >= 15 is 0 Å². The van der Waals surface area contributed by atoms with E-state index in [1.165, 1.54) is 25.3 Å². The highest BCUT2D eigenvalue weighted by Crippen LogP contribution is 2.33. The summed E-state index contributed by atoms with van der Waals surface area (Å²) in [5.41, 5.74) is 5.10. The van der Waals surface area contributed by atoms with Gasteiger partial charge in [0.05, 0.1) is 12.7 Å². The number of ether oxygens (including phenoxy) is 1. The van der Waals surface area contributed by atoms with E-state index in [2.05, 4.69) is 10.2 Å². The molecule has 2 aromatic rings. The van der Waals surface area contributed by atoms with Gasteiger partial charge in [-0.1, -0.05) is 6.07 Å². The summed E-state index contributed by atoms with van der Waals surface area (Å²) in [6.07, 6.45) is 0. The number of nitrogens with one attached hydrogen (secondary N) is 1. The van der Waals surface area contributed by atoms with Gasteiger partial charge in [0.1, 0.15) is 17.3 Å². The van der Waals surface area contributed by atoms with Gasteiger partial charge in [0.15, 0.2) is 11.6 Å². The molecule has 0 saturated carbocycles. The van der Waals surface area contributed by atoms with Crippen molar-refractivity contribution >= 4 is 5.82 Å². The smallest absolute Gasteiger partial charge is 0.192 e. The first-order valence-electron chi connectivity index (χ1n) is 4.47. The van der Waals surface area contributed by atoms with Gasteiger partial charge in [-0.3, -0.25) is 5.10 Å². The lowest BCUT2D eigenvalue weighted by atomic mass is 10.1. The van der Waals surface area contributed by atoms with Crippen molar-refractivity contribution in [2.45, 2.75) is 0 Å². The van der Waals surface area contributed by atoms with Crippen LogP contribution in [0.1, 0.15) is 0 Å². The normalized spacial score (nSPS) is 10.4. The van der Waals surface area contributed by atoms with Gasteiger partial charge in [-0.2, -0.15) is 5.10 Å². The molecular weight excluding hydrogens is 216 g/mol. The second-order valence-electron chi connectivity index (χ2n) is 3.11. The highest BCUT2D eigenvalue weighted by Gasteiger charge is 2.19. The Labute approximate surface area is 90.0 Å². The molecule has 0 amide bonds. The van der Waals surface area contributed by atoms with Gasteiger partial charge in [0.2, 0.25) is 0 Å². The first-order chi connectivity index (χ1) is 7.65. The second kappa shape index (κ2) is 3.80. The van der Waals surface area contributed by atoms with Crippen molar-refractivity contribution in [3.05, 3.63) is 29.8 Å². The number of aromatic amines is 1. The van der Waals surface area contributed by atoms with E-state index in [-0.39, 0.29) is 22.8 Å². The molecule has 1 aromatic carbocycles. The SMILES string of the molecule is COc1cccc(F)c1-c1[nH]nc(N)c1F. The molecule has 84 valence electrons. The molecule has 0 aliphatic rings. The molecule has 0 atom stereocenters. The third kappa shape index (κ3) is 1.48. The summed E-state index contributed by atoms with van der Waals surface area (Å²) >= 11 is 0. The summed E-state index contributed by atoms with van der Waals surface area (Å²) in [5.74, 6) is -1.49. The number of nitrogens with two attached hydrogens (primary N) is 1. The minimum absolute atomic E-state index is 0.0216. The standard InChI is InChI=1S/C10H9F2N3O/c1-16-6-4-2-3-5(11)7(6)9-8(12)10(13)15-14-9/h2-4H,1H3,(H3,13,14,15). The van der Waals surface area contributed by atoms with Crippen molar-refractivity contribution < 1.29 is 13.5 Å². The lowest BCUT2D eigenvalue weighted by Gasteiger charge is -2.07. The Kier molecular flexibility index (Phi) is 2.47. The lowest BCUT2D eigenvalue weighted by molar-refractivity contribution is 0.413. The zero-order chi connectivity index (χ0) is 11.7. The Bertz CT molecular complexity index is 525. The van der Waals surface area contributed by atoms with E-state index in [4.69, 9.17) is 10.5 Å². The summed E-state index contributed by atoms with van der Waals surface area (Å²) in [5, 5.41) is 5.80. The first-order valence-corrected chi connectivity index (χ1v) is 4.47. The number of methoxy groups -OCH3 is 1. The molecule has 3 N–H and O–H groups in total. The summed E-state index contributed by atoms with van der Waals surface area (Å²) in [6, 6.07) is 4.19. The van der Waals surface area contributed by atoms with Crippen molar-refractivity contribution in [3.63, 3.8) is 0 Å². The van der Waals surface area contributed by atoms with E-state index in [0.29, 0.717) is 0 Å². The largest absolute Gasteiger partial charge is 0.496 e. The van der Waals surface area contributed by atoms with Crippen LogP contribution < -0.4 is 10.5 Å². The number of aromatic nitrogens is 2. The van der Waals surface area contributed by atoms with E-state index in [9.17, 15) is 8.78 Å². The molecule has 0 spiro atoms. The summed E-state index contributed by atoms with van der Waals surface area (Å²) in [7, 11) is 1.37. The number of benzene rings is 1. The average Bonchev–Trinajstić information content (AvgIpc) is 2.60. The van der Waals surface area contributed by atoms with Crippen molar-refractivity contribution in [2.24, 2.45) is 0 Å². The first kappa shape index (κ1) is 10.4. The van der Waals surface area contributed by atoms with Gasteiger partial charge in [-0.05, 0) is 12.1 Å². The summed E-state index contributed by atoms with van der Waals surface area (Å²) in [6.45, 7) is 0. The number of rotatable bonds is 2. The maximum Gasteiger partial charge on any atom is 0.192 e. The molecule has 0 fully saturated rings. The van der Waals surface area contributed by atoms with Crippen LogP contribution in [0.5, 0.6) is 5.75 Å². The van der Waals surface area contributed by atoms with Crippen LogP contribution in [-0.2, 0) is 0 Å². The molecule has 0 aliphatic heterocycles. The lowest BCUT2D eigenvalue weighted by Crippen LogP contribution is -1.94. The van der Waals surface area contributed by atoms with Gasteiger partial charge >= 0.3 is 0 Å². The molecule has 0 bridgehead atoms. The van der Waals surface area contributed by atoms with Gasteiger partial charge in [-0.25, -0.2) is 8.78 Å². The molecule has 0 aliphatic carbocycles.